The summed E-state index contributed by atoms with van der Waals surface area (Å²) in [5.74, 6) is 1.18. The molecule has 30 heavy (non-hydrogen) atoms. The van der Waals surface area contributed by atoms with Crippen molar-refractivity contribution in [2.24, 2.45) is 0 Å². The van der Waals surface area contributed by atoms with Crippen LogP contribution in [0.2, 0.25) is 0 Å². The molecule has 160 valence electrons. The van der Waals surface area contributed by atoms with E-state index < -0.39 is 0 Å². The fraction of sp³-hybridized carbons (Fsp3) is 0.458. The first-order valence-corrected chi connectivity index (χ1v) is 10.9. The van der Waals surface area contributed by atoms with Crippen molar-refractivity contribution < 1.29 is 9.53 Å². The number of methoxy groups -OCH3 is 1. The average Bonchev–Trinajstić information content (AvgIpc) is 2.81. The predicted octanol–water partition coefficient (Wildman–Crippen LogP) is 2.16. The SMILES string of the molecule is COc1ccccc1N1CCN(CC(=O)N2CCN(Cc3ccccc3)CC2)CC1. The summed E-state index contributed by atoms with van der Waals surface area (Å²) in [5.41, 5.74) is 2.48. The second-order valence-electron chi connectivity index (χ2n) is 8.08. The van der Waals surface area contributed by atoms with Crippen molar-refractivity contribution in [2.45, 2.75) is 6.54 Å². The second kappa shape index (κ2) is 9.96. The van der Waals surface area contributed by atoms with Gasteiger partial charge in [0.1, 0.15) is 5.75 Å². The predicted molar refractivity (Wildman–Crippen MR) is 120 cm³/mol. The van der Waals surface area contributed by atoms with Crippen LogP contribution in [0.1, 0.15) is 5.56 Å². The number of rotatable bonds is 6. The lowest BCUT2D eigenvalue weighted by Crippen LogP contribution is -2.53. The van der Waals surface area contributed by atoms with Gasteiger partial charge in [-0.1, -0.05) is 42.5 Å². The third-order valence-electron chi connectivity index (χ3n) is 6.13. The molecule has 2 saturated heterocycles. The van der Waals surface area contributed by atoms with Crippen LogP contribution in [0.5, 0.6) is 5.75 Å². The molecule has 0 N–H and O–H groups in total. The Morgan fingerprint density at radius 2 is 1.43 bits per heavy atom. The van der Waals surface area contributed by atoms with Crippen LogP contribution in [-0.2, 0) is 11.3 Å². The summed E-state index contributed by atoms with van der Waals surface area (Å²) in [4.78, 5) is 21.9. The second-order valence-corrected chi connectivity index (χ2v) is 8.08. The topological polar surface area (TPSA) is 39.3 Å². The lowest BCUT2D eigenvalue weighted by Gasteiger charge is -2.38. The highest BCUT2D eigenvalue weighted by Gasteiger charge is 2.25. The van der Waals surface area contributed by atoms with Crippen molar-refractivity contribution in [1.29, 1.82) is 0 Å². The first-order chi connectivity index (χ1) is 14.7. The van der Waals surface area contributed by atoms with Crippen molar-refractivity contribution in [1.82, 2.24) is 14.7 Å². The quantitative estimate of drug-likeness (QED) is 0.733. The molecule has 6 nitrogen and oxygen atoms in total. The zero-order valence-electron chi connectivity index (χ0n) is 17.9. The number of para-hydroxylation sites is 2. The van der Waals surface area contributed by atoms with E-state index in [1.54, 1.807) is 7.11 Å². The Hall–Kier alpha value is -2.57. The van der Waals surface area contributed by atoms with Crippen molar-refractivity contribution in [3.63, 3.8) is 0 Å². The maximum absolute atomic E-state index is 12.8. The molecule has 2 aliphatic heterocycles. The van der Waals surface area contributed by atoms with Crippen molar-refractivity contribution in [3.8, 4) is 5.75 Å². The summed E-state index contributed by atoms with van der Waals surface area (Å²) in [5, 5.41) is 0. The van der Waals surface area contributed by atoms with E-state index in [0.717, 1.165) is 70.3 Å². The molecule has 0 radical (unpaired) electrons. The molecule has 4 rings (SSSR count). The molecular weight excluding hydrogens is 376 g/mol. The van der Waals surface area contributed by atoms with E-state index in [1.807, 2.05) is 23.1 Å². The zero-order valence-corrected chi connectivity index (χ0v) is 17.9. The van der Waals surface area contributed by atoms with Gasteiger partial charge in [-0.2, -0.15) is 0 Å². The van der Waals surface area contributed by atoms with Gasteiger partial charge in [-0.25, -0.2) is 0 Å². The highest BCUT2D eigenvalue weighted by Crippen LogP contribution is 2.28. The molecular formula is C24H32N4O2. The standard InChI is InChI=1S/C24H32N4O2/c1-30-23-10-6-5-9-22(23)27-15-11-26(12-16-27)20-24(29)28-17-13-25(14-18-28)19-21-7-3-2-4-8-21/h2-10H,11-20H2,1H3. The lowest BCUT2D eigenvalue weighted by atomic mass is 10.2. The molecule has 0 aliphatic carbocycles. The van der Waals surface area contributed by atoms with Crippen molar-refractivity contribution >= 4 is 11.6 Å². The molecule has 6 heteroatoms. The Labute approximate surface area is 179 Å². The van der Waals surface area contributed by atoms with Crippen LogP contribution in [0.15, 0.2) is 54.6 Å². The molecule has 1 amide bonds. The Kier molecular flexibility index (Phi) is 6.87. The van der Waals surface area contributed by atoms with E-state index in [-0.39, 0.29) is 5.91 Å². The largest absolute Gasteiger partial charge is 0.495 e. The minimum absolute atomic E-state index is 0.264. The van der Waals surface area contributed by atoms with Crippen LogP contribution in [0.4, 0.5) is 5.69 Å². The summed E-state index contributed by atoms with van der Waals surface area (Å²) >= 11 is 0. The van der Waals surface area contributed by atoms with Gasteiger partial charge < -0.3 is 14.5 Å². The third-order valence-corrected chi connectivity index (χ3v) is 6.13. The first kappa shape index (κ1) is 20.7. The van der Waals surface area contributed by atoms with E-state index in [2.05, 4.69) is 51.1 Å². The normalized spacial score (nSPS) is 18.4. The van der Waals surface area contributed by atoms with Crippen LogP contribution in [-0.4, -0.2) is 86.6 Å². The molecule has 2 aromatic carbocycles. The smallest absolute Gasteiger partial charge is 0.236 e. The molecule has 0 bridgehead atoms. The Balaban J connectivity index is 1.21. The van der Waals surface area contributed by atoms with Gasteiger partial charge in [0.05, 0.1) is 19.3 Å². The summed E-state index contributed by atoms with van der Waals surface area (Å²) < 4.78 is 5.50. The number of ether oxygens (including phenoxy) is 1. The molecule has 2 aromatic rings. The van der Waals surface area contributed by atoms with Crippen LogP contribution < -0.4 is 9.64 Å². The van der Waals surface area contributed by atoms with Crippen LogP contribution in [0, 0.1) is 0 Å². The summed E-state index contributed by atoms with van der Waals surface area (Å²) in [7, 11) is 1.72. The highest BCUT2D eigenvalue weighted by atomic mass is 16.5. The van der Waals surface area contributed by atoms with E-state index in [1.165, 1.54) is 5.56 Å². The number of benzene rings is 2. The van der Waals surface area contributed by atoms with E-state index in [4.69, 9.17) is 4.74 Å². The van der Waals surface area contributed by atoms with Gasteiger partial charge in [0.2, 0.25) is 5.91 Å². The monoisotopic (exact) mass is 408 g/mol. The third kappa shape index (κ3) is 5.12. The van der Waals surface area contributed by atoms with Crippen LogP contribution >= 0.6 is 0 Å². The van der Waals surface area contributed by atoms with Crippen LogP contribution in [0.25, 0.3) is 0 Å². The Morgan fingerprint density at radius 3 is 2.13 bits per heavy atom. The van der Waals surface area contributed by atoms with Crippen molar-refractivity contribution in [3.05, 3.63) is 60.2 Å². The number of hydrogen-bond acceptors (Lipinski definition) is 5. The number of nitrogens with zero attached hydrogens (tertiary/aromatic N) is 4. The maximum Gasteiger partial charge on any atom is 0.236 e. The molecule has 0 saturated carbocycles. The fourth-order valence-electron chi connectivity index (χ4n) is 4.33. The summed E-state index contributed by atoms with van der Waals surface area (Å²) in [6.45, 7) is 8.67. The van der Waals surface area contributed by atoms with E-state index in [0.29, 0.717) is 6.54 Å². The molecule has 0 spiro atoms. The summed E-state index contributed by atoms with van der Waals surface area (Å²) in [6, 6.07) is 18.7. The minimum atomic E-state index is 0.264. The maximum atomic E-state index is 12.8. The first-order valence-electron chi connectivity index (χ1n) is 10.9. The van der Waals surface area contributed by atoms with Gasteiger partial charge in [-0.05, 0) is 17.7 Å². The van der Waals surface area contributed by atoms with Gasteiger partial charge in [-0.15, -0.1) is 0 Å². The summed E-state index contributed by atoms with van der Waals surface area (Å²) in [6.07, 6.45) is 0. The lowest BCUT2D eigenvalue weighted by molar-refractivity contribution is -0.134. The number of piperazine rings is 2. The Morgan fingerprint density at radius 1 is 0.800 bits per heavy atom. The van der Waals surface area contributed by atoms with E-state index >= 15 is 0 Å². The number of amides is 1. The Bertz CT molecular complexity index is 813. The molecule has 2 heterocycles. The van der Waals surface area contributed by atoms with Gasteiger partial charge in [0.15, 0.2) is 0 Å². The van der Waals surface area contributed by atoms with Gasteiger partial charge >= 0.3 is 0 Å². The molecule has 2 aliphatic rings. The van der Waals surface area contributed by atoms with Gasteiger partial charge in [0.25, 0.3) is 0 Å². The number of carbonyl (C=O) groups excluding carboxylic acids is 1. The number of carbonyl (C=O) groups is 1. The number of anilines is 1. The van der Waals surface area contributed by atoms with Gasteiger partial charge in [0, 0.05) is 58.9 Å². The fourth-order valence-corrected chi connectivity index (χ4v) is 4.33. The minimum Gasteiger partial charge on any atom is -0.495 e. The van der Waals surface area contributed by atoms with Crippen LogP contribution in [0.3, 0.4) is 0 Å². The highest BCUT2D eigenvalue weighted by molar-refractivity contribution is 5.78. The molecule has 0 unspecified atom stereocenters. The van der Waals surface area contributed by atoms with E-state index in [9.17, 15) is 4.79 Å². The molecule has 0 aromatic heterocycles. The molecule has 2 fully saturated rings. The number of hydrogen-bond donors (Lipinski definition) is 0. The zero-order chi connectivity index (χ0) is 20.8. The van der Waals surface area contributed by atoms with Gasteiger partial charge in [-0.3, -0.25) is 14.6 Å². The van der Waals surface area contributed by atoms with Crippen molar-refractivity contribution in [2.75, 3.05) is 70.9 Å². The average molecular weight is 409 g/mol. The molecule has 0 atom stereocenters.